The monoisotopic (exact) mass is 422 g/mol. The number of nitrogens with zero attached hydrogens (tertiary/aromatic N) is 2. The maximum Gasteiger partial charge on any atom is 0.328 e. The molecule has 0 radical (unpaired) electrons. The minimum absolute atomic E-state index is 0.0892. The molecule has 1 aromatic heterocycles. The number of amides is 4. The third kappa shape index (κ3) is 2.80. The third-order valence-corrected chi connectivity index (χ3v) is 6.39. The third-order valence-electron chi connectivity index (χ3n) is 6.39. The van der Waals surface area contributed by atoms with E-state index in [1.54, 1.807) is 18.3 Å². The summed E-state index contributed by atoms with van der Waals surface area (Å²) in [5.74, 6) is -1.26. The number of carbonyl (C=O) groups is 3. The van der Waals surface area contributed by atoms with Gasteiger partial charge in [-0.15, -0.1) is 0 Å². The van der Waals surface area contributed by atoms with E-state index in [-0.39, 0.29) is 18.1 Å². The van der Waals surface area contributed by atoms with Crippen molar-refractivity contribution in [2.75, 3.05) is 11.4 Å². The minimum atomic E-state index is -1.53. The number of nitrogens with one attached hydrogen (secondary N) is 2. The molecule has 3 aliphatic rings. The number of hydrogen-bond acceptors (Lipinski definition) is 6. The largest absolute Gasteiger partial charge is 0.372 e. The molecule has 0 bridgehead atoms. The lowest BCUT2D eigenvalue weighted by molar-refractivity contribution is -0.153. The van der Waals surface area contributed by atoms with Gasteiger partial charge < -0.3 is 9.64 Å². The zero-order valence-corrected chi connectivity index (χ0v) is 17.1. The van der Waals surface area contributed by atoms with Crippen molar-refractivity contribution in [2.24, 2.45) is 5.41 Å². The van der Waals surface area contributed by atoms with E-state index in [2.05, 4.69) is 10.6 Å². The van der Waals surface area contributed by atoms with Crippen molar-refractivity contribution in [3.63, 3.8) is 0 Å². The van der Waals surface area contributed by atoms with E-state index in [1.165, 1.54) is 10.6 Å². The van der Waals surface area contributed by atoms with E-state index in [9.17, 15) is 19.2 Å². The molecule has 0 unspecified atom stereocenters. The van der Waals surface area contributed by atoms with Crippen LogP contribution in [0, 0.1) is 5.41 Å². The van der Waals surface area contributed by atoms with Gasteiger partial charge in [0.2, 0.25) is 11.8 Å². The van der Waals surface area contributed by atoms with Gasteiger partial charge in [0.05, 0.1) is 18.2 Å². The molecule has 2 saturated heterocycles. The fourth-order valence-electron chi connectivity index (χ4n) is 5.22. The Morgan fingerprint density at radius 3 is 2.48 bits per heavy atom. The highest BCUT2D eigenvalue weighted by atomic mass is 16.5. The smallest absolute Gasteiger partial charge is 0.328 e. The number of rotatable bonds is 1. The number of hydrogen-bond donors (Lipinski definition) is 2. The van der Waals surface area contributed by atoms with Gasteiger partial charge in [-0.3, -0.25) is 29.6 Å². The van der Waals surface area contributed by atoms with Crippen LogP contribution in [0.15, 0.2) is 47.4 Å². The predicted octanol–water partition coefficient (Wildman–Crippen LogP) is 0.728. The van der Waals surface area contributed by atoms with Gasteiger partial charge >= 0.3 is 6.03 Å². The summed E-state index contributed by atoms with van der Waals surface area (Å²) >= 11 is 0. The molecule has 9 nitrogen and oxygen atoms in total. The molecule has 4 amide bonds. The number of pyridine rings is 1. The van der Waals surface area contributed by atoms with Gasteiger partial charge in [0, 0.05) is 30.2 Å². The average molecular weight is 422 g/mol. The molecule has 31 heavy (non-hydrogen) atoms. The highest BCUT2D eigenvalue weighted by Gasteiger charge is 2.62. The molecule has 9 heteroatoms. The van der Waals surface area contributed by atoms with Crippen molar-refractivity contribution in [3.8, 4) is 5.69 Å². The van der Waals surface area contributed by atoms with Crippen LogP contribution in [0.3, 0.4) is 0 Å². The van der Waals surface area contributed by atoms with Gasteiger partial charge in [0.1, 0.15) is 0 Å². The van der Waals surface area contributed by atoms with Crippen LogP contribution in [0.25, 0.3) is 5.69 Å². The van der Waals surface area contributed by atoms with Crippen LogP contribution < -0.4 is 21.1 Å². The van der Waals surface area contributed by atoms with Gasteiger partial charge in [-0.05, 0) is 50.1 Å². The van der Waals surface area contributed by atoms with E-state index < -0.39 is 35.4 Å². The van der Waals surface area contributed by atoms with E-state index >= 15 is 0 Å². The zero-order chi connectivity index (χ0) is 21.9. The van der Waals surface area contributed by atoms with Crippen LogP contribution in [0.4, 0.5) is 10.5 Å². The molecule has 0 saturated carbocycles. The molecule has 3 aliphatic heterocycles. The van der Waals surface area contributed by atoms with Gasteiger partial charge in [0.25, 0.3) is 5.56 Å². The number of carbonyl (C=O) groups excluding carboxylic acids is 3. The number of imide groups is 2. The SMILES string of the molecule is C[C@@H]1CN2c3ccc(-n4ccccc4=O)cc3CC3(C(=O)NC(=O)NC3=O)[C@H]2[C@H](C)O1. The Bertz CT molecular complexity index is 1150. The van der Waals surface area contributed by atoms with Gasteiger partial charge in [-0.25, -0.2) is 4.79 Å². The maximum absolute atomic E-state index is 13.2. The van der Waals surface area contributed by atoms with Gasteiger partial charge in [-0.1, -0.05) is 6.07 Å². The first-order valence-corrected chi connectivity index (χ1v) is 10.2. The fraction of sp³-hybridized carbons (Fsp3) is 0.364. The first kappa shape index (κ1) is 19.5. The molecule has 1 spiro atoms. The summed E-state index contributed by atoms with van der Waals surface area (Å²) in [6.45, 7) is 4.27. The second kappa shape index (κ2) is 6.78. The summed E-state index contributed by atoms with van der Waals surface area (Å²) in [6, 6.07) is 9.10. The molecule has 4 heterocycles. The average Bonchev–Trinajstić information content (AvgIpc) is 2.71. The van der Waals surface area contributed by atoms with Crippen molar-refractivity contribution in [2.45, 2.75) is 38.5 Å². The number of urea groups is 1. The van der Waals surface area contributed by atoms with Gasteiger partial charge in [0.15, 0.2) is 5.41 Å². The van der Waals surface area contributed by atoms with E-state index in [0.717, 1.165) is 11.3 Å². The Morgan fingerprint density at radius 1 is 1.03 bits per heavy atom. The van der Waals surface area contributed by atoms with Crippen LogP contribution in [0.1, 0.15) is 19.4 Å². The molecule has 3 atom stereocenters. The summed E-state index contributed by atoms with van der Waals surface area (Å²) in [7, 11) is 0. The molecule has 160 valence electrons. The minimum Gasteiger partial charge on any atom is -0.372 e. The highest BCUT2D eigenvalue weighted by molar-refractivity contribution is 6.20. The number of ether oxygens (including phenoxy) is 1. The molecule has 0 aliphatic carbocycles. The van der Waals surface area contributed by atoms with Crippen LogP contribution in [-0.2, 0) is 20.7 Å². The molecular weight excluding hydrogens is 400 g/mol. The van der Waals surface area contributed by atoms with Crippen molar-refractivity contribution >= 4 is 23.5 Å². The molecule has 5 rings (SSSR count). The summed E-state index contributed by atoms with van der Waals surface area (Å²) in [6.07, 6.45) is 1.23. The number of morpholine rings is 1. The molecular formula is C22H22N4O5. The topological polar surface area (TPSA) is 110 Å². The molecule has 2 fully saturated rings. The zero-order valence-electron chi connectivity index (χ0n) is 17.1. The second-order valence-electron chi connectivity index (χ2n) is 8.36. The fourth-order valence-corrected chi connectivity index (χ4v) is 5.22. The summed E-state index contributed by atoms with van der Waals surface area (Å²) in [4.78, 5) is 52.4. The number of benzene rings is 1. The Labute approximate surface area is 178 Å². The Hall–Kier alpha value is -3.46. The van der Waals surface area contributed by atoms with Gasteiger partial charge in [-0.2, -0.15) is 0 Å². The number of barbiturate groups is 1. The Kier molecular flexibility index (Phi) is 4.26. The number of anilines is 1. The van der Waals surface area contributed by atoms with Crippen LogP contribution in [0.2, 0.25) is 0 Å². The molecule has 1 aromatic carbocycles. The lowest BCUT2D eigenvalue weighted by atomic mass is 9.66. The van der Waals surface area contributed by atoms with E-state index in [1.807, 2.05) is 36.9 Å². The van der Waals surface area contributed by atoms with E-state index in [0.29, 0.717) is 12.2 Å². The van der Waals surface area contributed by atoms with Crippen LogP contribution in [0.5, 0.6) is 0 Å². The molecule has 2 aromatic rings. The predicted molar refractivity (Wildman–Crippen MR) is 111 cm³/mol. The number of fused-ring (bicyclic) bond motifs is 4. The standard InChI is InChI=1S/C22H22N4O5/c1-12-11-26-16-7-6-15(25-8-4-3-5-17(25)27)9-14(16)10-22(18(26)13(2)31-12)19(28)23-21(30)24-20(22)29/h3-9,12-13,18H,10-11H2,1-2H3,(H2,23,24,28,29,30)/t12-,13+,18-/m1/s1. The first-order chi connectivity index (χ1) is 14.8. The van der Waals surface area contributed by atoms with Crippen molar-refractivity contribution in [1.82, 2.24) is 15.2 Å². The summed E-state index contributed by atoms with van der Waals surface area (Å²) in [5.41, 5.74) is 0.576. The van der Waals surface area contributed by atoms with E-state index in [4.69, 9.17) is 4.74 Å². The maximum atomic E-state index is 13.2. The molecule has 2 N–H and O–H groups in total. The second-order valence-corrected chi connectivity index (χ2v) is 8.36. The Balaban J connectivity index is 1.70. The van der Waals surface area contributed by atoms with Crippen molar-refractivity contribution in [3.05, 3.63) is 58.5 Å². The quantitative estimate of drug-likeness (QED) is 0.656. The first-order valence-electron chi connectivity index (χ1n) is 10.2. The normalized spacial score (nSPS) is 26.7. The van der Waals surface area contributed by atoms with Crippen molar-refractivity contribution < 1.29 is 19.1 Å². The van der Waals surface area contributed by atoms with Crippen LogP contribution in [-0.4, -0.2) is 47.2 Å². The number of aromatic nitrogens is 1. The Morgan fingerprint density at radius 2 is 1.77 bits per heavy atom. The summed E-state index contributed by atoms with van der Waals surface area (Å²) < 4.78 is 7.51. The van der Waals surface area contributed by atoms with Crippen molar-refractivity contribution in [1.29, 1.82) is 0 Å². The summed E-state index contributed by atoms with van der Waals surface area (Å²) in [5, 5.41) is 4.55. The van der Waals surface area contributed by atoms with Crippen LogP contribution >= 0.6 is 0 Å². The highest BCUT2D eigenvalue weighted by Crippen LogP contribution is 2.46. The lowest BCUT2D eigenvalue weighted by Crippen LogP contribution is -2.75. The lowest BCUT2D eigenvalue weighted by Gasteiger charge is -2.55.